The summed E-state index contributed by atoms with van der Waals surface area (Å²) in [4.78, 5) is 77.8. The first-order valence-corrected chi connectivity index (χ1v) is 20.4. The van der Waals surface area contributed by atoms with E-state index < -0.39 is 84.7 Å². The maximum Gasteiger partial charge on any atom is 0.331 e. The Morgan fingerprint density at radius 1 is 0.864 bits per heavy atom. The summed E-state index contributed by atoms with van der Waals surface area (Å²) in [5.41, 5.74) is 1.74. The van der Waals surface area contributed by atoms with Crippen LogP contribution >= 0.6 is 0 Å². The van der Waals surface area contributed by atoms with Crippen molar-refractivity contribution in [2.75, 3.05) is 32.7 Å². The van der Waals surface area contributed by atoms with E-state index in [-0.39, 0.29) is 30.1 Å². The van der Waals surface area contributed by atoms with Crippen molar-refractivity contribution in [3.63, 3.8) is 0 Å². The van der Waals surface area contributed by atoms with Gasteiger partial charge in [-0.05, 0) is 50.2 Å². The van der Waals surface area contributed by atoms with Crippen LogP contribution in [0.4, 0.5) is 5.95 Å². The van der Waals surface area contributed by atoms with Gasteiger partial charge in [0.05, 0.1) is 50.3 Å². The summed E-state index contributed by atoms with van der Waals surface area (Å²) >= 11 is 0. The molecule has 2 heterocycles. The van der Waals surface area contributed by atoms with Gasteiger partial charge in [-0.15, -0.1) is 0 Å². The molecule has 4 amide bonds. The number of likely N-dealkylation sites (tertiary alicyclic amines) is 1. The highest BCUT2D eigenvalue weighted by atomic mass is 16.5. The molecule has 59 heavy (non-hydrogen) atoms. The first-order valence-electron chi connectivity index (χ1n) is 20.4. The molecule has 0 aliphatic carbocycles. The number of ether oxygens (including phenoxy) is 2. The smallest absolute Gasteiger partial charge is 0.331 e. The fourth-order valence-electron chi connectivity index (χ4n) is 7.32. The molecule has 1 aliphatic heterocycles. The number of nitrogens with zero attached hydrogens (tertiary/aromatic N) is 3. The van der Waals surface area contributed by atoms with Gasteiger partial charge >= 0.3 is 5.97 Å². The van der Waals surface area contributed by atoms with Crippen molar-refractivity contribution in [3.8, 4) is 0 Å². The van der Waals surface area contributed by atoms with Crippen molar-refractivity contribution in [2.45, 2.75) is 129 Å². The van der Waals surface area contributed by atoms with Gasteiger partial charge in [0.1, 0.15) is 18.2 Å². The quantitative estimate of drug-likeness (QED) is 0.0838. The fourth-order valence-corrected chi connectivity index (χ4v) is 7.32. The zero-order valence-corrected chi connectivity index (χ0v) is 35.8. The predicted molar refractivity (Wildman–Crippen MR) is 219 cm³/mol. The molecule has 2 aromatic rings. The Hall–Kier alpha value is -4.71. The predicted octanol–water partition coefficient (Wildman–Crippen LogP) is 1.71. The van der Waals surface area contributed by atoms with Crippen molar-refractivity contribution in [3.05, 3.63) is 53.3 Å². The third-order valence-electron chi connectivity index (χ3n) is 11.4. The second kappa shape index (κ2) is 23.2. The minimum Gasteiger partial charge on any atom is -0.467 e. The third kappa shape index (κ3) is 13.1. The van der Waals surface area contributed by atoms with Crippen LogP contribution in [0, 0.1) is 31.6 Å². The molecular weight excluding hydrogens is 763 g/mol. The summed E-state index contributed by atoms with van der Waals surface area (Å²) in [6, 6.07) is 5.11. The van der Waals surface area contributed by atoms with Gasteiger partial charge in [-0.3, -0.25) is 19.2 Å². The van der Waals surface area contributed by atoms with Gasteiger partial charge in [-0.2, -0.15) is 0 Å². The van der Waals surface area contributed by atoms with Gasteiger partial charge in [0.15, 0.2) is 6.04 Å². The number of methoxy groups -OCH3 is 2. The minimum absolute atomic E-state index is 0.157. The Morgan fingerprint density at radius 2 is 1.47 bits per heavy atom. The molecule has 0 unspecified atom stereocenters. The van der Waals surface area contributed by atoms with E-state index in [0.717, 1.165) is 7.11 Å². The number of anilines is 1. The first-order chi connectivity index (χ1) is 28.0. The van der Waals surface area contributed by atoms with Crippen LogP contribution in [0.3, 0.4) is 0 Å². The minimum atomic E-state index is -1.44. The molecule has 0 bridgehead atoms. The van der Waals surface area contributed by atoms with Crippen molar-refractivity contribution in [1.82, 2.24) is 30.8 Å². The molecule has 3 rings (SSSR count). The number of amides is 4. The van der Waals surface area contributed by atoms with E-state index in [1.807, 2.05) is 27.7 Å². The molecule has 1 saturated heterocycles. The zero-order valence-electron chi connectivity index (χ0n) is 35.8. The zero-order chi connectivity index (χ0) is 44.0. The summed E-state index contributed by atoms with van der Waals surface area (Å²) < 4.78 is 10.7. The monoisotopic (exact) mass is 827 g/mol. The molecule has 0 spiro atoms. The Kier molecular flexibility index (Phi) is 19.1. The van der Waals surface area contributed by atoms with Gasteiger partial charge in [0, 0.05) is 25.0 Å². The lowest BCUT2D eigenvalue weighted by atomic mass is 9.90. The lowest BCUT2D eigenvalue weighted by Crippen LogP contribution is -2.59. The van der Waals surface area contributed by atoms with Gasteiger partial charge in [0.25, 0.3) is 0 Å². The van der Waals surface area contributed by atoms with E-state index in [9.17, 15) is 39.3 Å². The van der Waals surface area contributed by atoms with Crippen molar-refractivity contribution < 1.29 is 48.8 Å². The largest absolute Gasteiger partial charge is 0.467 e. The molecule has 7 N–H and O–H groups in total. The number of hydrogen-bond acceptors (Lipinski definition) is 13. The molecule has 17 heteroatoms. The molecule has 17 nitrogen and oxygen atoms in total. The average molecular weight is 828 g/mol. The lowest BCUT2D eigenvalue weighted by Gasteiger charge is -2.36. The Labute approximate surface area is 347 Å². The SMILES string of the molecule is CC[C@H](C)[C@H](NC(=O)[C@@H](NC(=O)[C@H](CO)Nc1nc(C)cc(C)n1)[C@@H](C)CC)[C@@H](CC(=O)N1CCC[C@H]1[C@H](O)[C@@H](C)C(=O)N[C@H](C(=O)OC)[C@H](O)c1ccccc1)OC. The number of hydrogen-bond donors (Lipinski definition) is 7. The Morgan fingerprint density at radius 3 is 2.03 bits per heavy atom. The third-order valence-corrected chi connectivity index (χ3v) is 11.4. The van der Waals surface area contributed by atoms with Crippen LogP contribution in [-0.2, 0) is 33.4 Å². The van der Waals surface area contributed by atoms with Gasteiger partial charge < -0.3 is 51.0 Å². The molecule has 11 atom stereocenters. The first kappa shape index (κ1) is 48.7. The highest BCUT2D eigenvalue weighted by molar-refractivity contribution is 5.91. The summed E-state index contributed by atoms with van der Waals surface area (Å²) in [6.45, 7) is 12.4. The van der Waals surface area contributed by atoms with Crippen LogP contribution in [-0.4, -0.2) is 130 Å². The summed E-state index contributed by atoms with van der Waals surface area (Å²) in [5.74, 6) is -4.43. The normalized spacial score (nSPS) is 19.1. The number of benzene rings is 1. The topological polar surface area (TPSA) is 242 Å². The molecule has 0 saturated carbocycles. The van der Waals surface area contributed by atoms with Crippen LogP contribution in [0.2, 0.25) is 0 Å². The van der Waals surface area contributed by atoms with E-state index in [0.29, 0.717) is 49.2 Å². The number of carbonyl (C=O) groups excluding carboxylic acids is 5. The van der Waals surface area contributed by atoms with Gasteiger partial charge in [-0.25, -0.2) is 14.8 Å². The molecule has 0 radical (unpaired) electrons. The number of aliphatic hydroxyl groups excluding tert-OH is 3. The van der Waals surface area contributed by atoms with E-state index in [1.165, 1.54) is 18.9 Å². The number of aromatic nitrogens is 2. The molecular formula is C42H65N7O10. The maximum absolute atomic E-state index is 14.1. The van der Waals surface area contributed by atoms with Gasteiger partial charge in [-0.1, -0.05) is 77.8 Å². The van der Waals surface area contributed by atoms with Crippen LogP contribution in [0.1, 0.15) is 89.8 Å². The van der Waals surface area contributed by atoms with Crippen molar-refractivity contribution in [1.29, 1.82) is 0 Å². The molecule has 1 fully saturated rings. The summed E-state index contributed by atoms with van der Waals surface area (Å²) in [6.07, 6.45) is -1.55. The number of carbonyl (C=O) groups is 5. The maximum atomic E-state index is 14.1. The number of rotatable bonds is 22. The molecule has 1 aliphatic rings. The highest BCUT2D eigenvalue weighted by Gasteiger charge is 2.42. The van der Waals surface area contributed by atoms with Crippen molar-refractivity contribution in [2.24, 2.45) is 17.8 Å². The Bertz CT molecular complexity index is 1680. The second-order valence-corrected chi connectivity index (χ2v) is 15.6. The van der Waals surface area contributed by atoms with Gasteiger partial charge in [0.2, 0.25) is 29.6 Å². The molecule has 1 aromatic heterocycles. The molecule has 328 valence electrons. The average Bonchev–Trinajstić information content (AvgIpc) is 3.73. The Balaban J connectivity index is 1.74. The van der Waals surface area contributed by atoms with E-state index in [1.54, 1.807) is 50.2 Å². The van der Waals surface area contributed by atoms with E-state index >= 15 is 0 Å². The van der Waals surface area contributed by atoms with Crippen LogP contribution < -0.4 is 21.3 Å². The number of aliphatic hydroxyl groups is 3. The van der Waals surface area contributed by atoms with Crippen LogP contribution in [0.25, 0.3) is 0 Å². The van der Waals surface area contributed by atoms with Crippen molar-refractivity contribution >= 4 is 35.5 Å². The standard InChI is InChI=1S/C42H65N7O10/c1-10-23(3)33(46-40(56)34(24(4)11-2)47-39(55)29(22-50)45-42-43-25(5)20-26(6)44-42)31(58-8)21-32(51)49-19-15-18-30(49)36(52)27(7)38(54)48-35(41(57)59-9)37(53)28-16-13-12-14-17-28/h12-14,16-17,20,23-24,27,29-31,33-37,50,52-53H,10-11,15,18-19,21-22H2,1-9H3,(H,46,56)(H,47,55)(H,48,54)(H,43,44,45)/t23-,24-,27+,29-,30-,31+,33-,34-,35-,36+,37+/m0/s1. The molecule has 1 aromatic carbocycles. The second-order valence-electron chi connectivity index (χ2n) is 15.6. The number of esters is 1. The lowest BCUT2D eigenvalue weighted by molar-refractivity contribution is -0.150. The van der Waals surface area contributed by atoms with Crippen LogP contribution in [0.5, 0.6) is 0 Å². The summed E-state index contributed by atoms with van der Waals surface area (Å²) in [5, 5.41) is 43.8. The van der Waals surface area contributed by atoms with Crippen LogP contribution in [0.15, 0.2) is 36.4 Å². The fraction of sp³-hybridized carbons (Fsp3) is 0.643. The number of nitrogens with one attached hydrogen (secondary N) is 4. The summed E-state index contributed by atoms with van der Waals surface area (Å²) in [7, 11) is 2.59. The van der Waals surface area contributed by atoms with E-state index in [2.05, 4.69) is 31.2 Å². The number of aryl methyl sites for hydroxylation is 2. The van der Waals surface area contributed by atoms with E-state index in [4.69, 9.17) is 9.47 Å². The highest BCUT2D eigenvalue weighted by Crippen LogP contribution is 2.28.